The molecule has 0 radical (unpaired) electrons. The van der Waals surface area contributed by atoms with E-state index in [0.29, 0.717) is 5.56 Å². The molecule has 6 heteroatoms. The zero-order chi connectivity index (χ0) is 17.4. The van der Waals surface area contributed by atoms with Gasteiger partial charge in [-0.05, 0) is 61.7 Å². The first-order chi connectivity index (χ1) is 12.1. The Balaban J connectivity index is 0.00000196. The molecule has 4 nitrogen and oxygen atoms in total. The number of likely N-dealkylation sites (tertiary alicyclic amines) is 1. The molecule has 1 saturated heterocycles. The van der Waals surface area contributed by atoms with Crippen LogP contribution in [0.25, 0.3) is 0 Å². The minimum atomic E-state index is -0.350. The number of amides is 1. The summed E-state index contributed by atoms with van der Waals surface area (Å²) >= 11 is 1.75. The molecular formula is C20H24ClN3OS. The summed E-state index contributed by atoms with van der Waals surface area (Å²) in [7, 11) is 0. The number of nitrogens with two attached hydrogens (primary N) is 1. The van der Waals surface area contributed by atoms with Crippen molar-refractivity contribution in [3.63, 3.8) is 0 Å². The Morgan fingerprint density at radius 2 is 1.92 bits per heavy atom. The Labute approximate surface area is 164 Å². The fraction of sp³-hybridized carbons (Fsp3) is 0.350. The Morgan fingerprint density at radius 3 is 2.65 bits per heavy atom. The summed E-state index contributed by atoms with van der Waals surface area (Å²) in [5, 5.41) is 3.56. The molecule has 0 bridgehead atoms. The monoisotopic (exact) mass is 389 g/mol. The van der Waals surface area contributed by atoms with Crippen molar-refractivity contribution in [3.8, 4) is 0 Å². The minimum Gasteiger partial charge on any atom is -0.366 e. The van der Waals surface area contributed by atoms with Crippen LogP contribution in [0.3, 0.4) is 0 Å². The van der Waals surface area contributed by atoms with Crippen molar-refractivity contribution in [1.82, 2.24) is 4.90 Å². The fourth-order valence-electron chi connectivity index (χ4n) is 3.90. The largest absolute Gasteiger partial charge is 0.366 e. The second-order valence-corrected chi connectivity index (χ2v) is 7.98. The van der Waals surface area contributed by atoms with E-state index in [1.54, 1.807) is 11.8 Å². The molecular weight excluding hydrogens is 366 g/mol. The second-order valence-electron chi connectivity index (χ2n) is 6.90. The van der Waals surface area contributed by atoms with Crippen LogP contribution in [0.4, 0.5) is 11.4 Å². The lowest BCUT2D eigenvalue weighted by atomic mass is 9.92. The lowest BCUT2D eigenvalue weighted by Gasteiger charge is -2.29. The number of primary amides is 1. The van der Waals surface area contributed by atoms with Crippen molar-refractivity contribution in [3.05, 3.63) is 47.5 Å². The molecule has 1 amide bonds. The van der Waals surface area contributed by atoms with Crippen LogP contribution in [0, 0.1) is 0 Å². The molecule has 26 heavy (non-hydrogen) atoms. The van der Waals surface area contributed by atoms with E-state index in [2.05, 4.69) is 29.3 Å². The zero-order valence-corrected chi connectivity index (χ0v) is 16.5. The summed E-state index contributed by atoms with van der Waals surface area (Å²) < 4.78 is 0. The van der Waals surface area contributed by atoms with Crippen molar-refractivity contribution >= 4 is 41.5 Å². The van der Waals surface area contributed by atoms with Gasteiger partial charge in [-0.25, -0.2) is 0 Å². The molecule has 1 fully saturated rings. The highest BCUT2D eigenvalue weighted by Crippen LogP contribution is 2.47. The highest BCUT2D eigenvalue weighted by Gasteiger charge is 2.27. The Bertz CT molecular complexity index is 821. The number of hydrogen-bond acceptors (Lipinski definition) is 4. The third kappa shape index (κ3) is 3.56. The van der Waals surface area contributed by atoms with Gasteiger partial charge in [-0.1, -0.05) is 30.8 Å². The minimum absolute atomic E-state index is 0. The van der Waals surface area contributed by atoms with Crippen LogP contribution in [0.2, 0.25) is 0 Å². The molecule has 2 aliphatic rings. The Kier molecular flexibility index (Phi) is 5.80. The average molecular weight is 390 g/mol. The topological polar surface area (TPSA) is 58.4 Å². The molecule has 0 aromatic heterocycles. The van der Waals surface area contributed by atoms with Crippen molar-refractivity contribution in [1.29, 1.82) is 0 Å². The normalized spacial score (nSPS) is 16.8. The molecule has 1 unspecified atom stereocenters. The molecule has 4 rings (SSSR count). The summed E-state index contributed by atoms with van der Waals surface area (Å²) in [6.07, 6.45) is 2.54. The van der Waals surface area contributed by atoms with Crippen LogP contribution < -0.4 is 11.1 Å². The van der Waals surface area contributed by atoms with E-state index in [-0.39, 0.29) is 24.2 Å². The molecule has 0 saturated carbocycles. The van der Waals surface area contributed by atoms with Gasteiger partial charge in [0, 0.05) is 21.9 Å². The van der Waals surface area contributed by atoms with Gasteiger partial charge in [-0.15, -0.1) is 12.4 Å². The lowest BCUT2D eigenvalue weighted by molar-refractivity contribution is 0.0998. The standard InChI is InChI=1S/C20H23N3OS.ClH/c1-13(12-23-10-4-5-11-23)18-14(20(21)24)8-9-17-19(18)22-15-6-2-3-7-16(15)25-17;/h2-3,6-9,13,22H,4-5,10-12H2,1H3,(H2,21,24);1H. The summed E-state index contributed by atoms with van der Waals surface area (Å²) in [6, 6.07) is 12.2. The molecule has 138 valence electrons. The second kappa shape index (κ2) is 7.91. The maximum absolute atomic E-state index is 12.1. The quantitative estimate of drug-likeness (QED) is 0.683. The first-order valence-corrected chi connectivity index (χ1v) is 9.68. The van der Waals surface area contributed by atoms with E-state index in [0.717, 1.165) is 41.5 Å². The summed E-state index contributed by atoms with van der Waals surface area (Å²) in [4.78, 5) is 16.9. The van der Waals surface area contributed by atoms with E-state index in [4.69, 9.17) is 5.73 Å². The summed E-state index contributed by atoms with van der Waals surface area (Å²) in [5.41, 5.74) is 9.53. The number of fused-ring (bicyclic) bond motifs is 2. The van der Waals surface area contributed by atoms with Crippen LogP contribution in [-0.4, -0.2) is 30.4 Å². The van der Waals surface area contributed by atoms with Crippen LogP contribution in [0.15, 0.2) is 46.2 Å². The van der Waals surface area contributed by atoms with Gasteiger partial charge in [0.2, 0.25) is 5.91 Å². The lowest BCUT2D eigenvalue weighted by Crippen LogP contribution is -2.27. The number of benzene rings is 2. The van der Waals surface area contributed by atoms with Crippen LogP contribution in [0.1, 0.15) is 41.6 Å². The van der Waals surface area contributed by atoms with Gasteiger partial charge >= 0.3 is 0 Å². The van der Waals surface area contributed by atoms with Crippen LogP contribution in [0.5, 0.6) is 0 Å². The number of halogens is 1. The summed E-state index contributed by atoms with van der Waals surface area (Å²) in [6.45, 7) is 5.46. The van der Waals surface area contributed by atoms with Gasteiger partial charge in [0.15, 0.2) is 0 Å². The van der Waals surface area contributed by atoms with E-state index in [1.807, 2.05) is 24.3 Å². The van der Waals surface area contributed by atoms with E-state index in [1.165, 1.54) is 17.7 Å². The average Bonchev–Trinajstić information content (AvgIpc) is 3.11. The first-order valence-electron chi connectivity index (χ1n) is 8.86. The molecule has 2 heterocycles. The van der Waals surface area contributed by atoms with Gasteiger partial charge in [-0.3, -0.25) is 4.79 Å². The Hall–Kier alpha value is -1.69. The highest BCUT2D eigenvalue weighted by atomic mass is 35.5. The zero-order valence-electron chi connectivity index (χ0n) is 14.8. The maximum Gasteiger partial charge on any atom is 0.249 e. The van der Waals surface area contributed by atoms with E-state index in [9.17, 15) is 4.79 Å². The van der Waals surface area contributed by atoms with Crippen LogP contribution >= 0.6 is 24.2 Å². The van der Waals surface area contributed by atoms with Crippen molar-refractivity contribution in [2.24, 2.45) is 5.73 Å². The van der Waals surface area contributed by atoms with E-state index >= 15 is 0 Å². The van der Waals surface area contributed by atoms with Gasteiger partial charge in [0.05, 0.1) is 11.4 Å². The summed E-state index contributed by atoms with van der Waals surface area (Å²) in [5.74, 6) is -0.106. The Morgan fingerprint density at radius 1 is 1.19 bits per heavy atom. The van der Waals surface area contributed by atoms with Crippen molar-refractivity contribution in [2.75, 3.05) is 25.0 Å². The number of carbonyl (C=O) groups excluding carboxylic acids is 1. The SMILES string of the molecule is CC(CN1CCCC1)c1c(C(N)=O)ccc2c1Nc1ccccc1S2.Cl. The van der Waals surface area contributed by atoms with Crippen molar-refractivity contribution < 1.29 is 4.79 Å². The number of nitrogens with zero attached hydrogens (tertiary/aromatic N) is 1. The predicted molar refractivity (Wildman–Crippen MR) is 110 cm³/mol. The molecule has 0 aliphatic carbocycles. The highest BCUT2D eigenvalue weighted by molar-refractivity contribution is 7.99. The molecule has 0 spiro atoms. The third-order valence-electron chi connectivity index (χ3n) is 5.06. The number of para-hydroxylation sites is 1. The van der Waals surface area contributed by atoms with Crippen LogP contribution in [-0.2, 0) is 0 Å². The third-order valence-corrected chi connectivity index (χ3v) is 6.20. The number of hydrogen-bond donors (Lipinski definition) is 2. The number of rotatable bonds is 4. The van der Waals surface area contributed by atoms with Gasteiger partial charge in [0.1, 0.15) is 0 Å². The first kappa shape index (κ1) is 19.1. The number of anilines is 2. The number of carbonyl (C=O) groups is 1. The van der Waals surface area contributed by atoms with E-state index < -0.39 is 0 Å². The molecule has 3 N–H and O–H groups in total. The molecule has 2 aliphatic heterocycles. The van der Waals surface area contributed by atoms with Gasteiger partial charge in [0.25, 0.3) is 0 Å². The van der Waals surface area contributed by atoms with Gasteiger partial charge in [-0.2, -0.15) is 0 Å². The fourth-order valence-corrected chi connectivity index (χ4v) is 4.91. The smallest absolute Gasteiger partial charge is 0.249 e. The number of nitrogens with one attached hydrogen (secondary N) is 1. The molecule has 1 atom stereocenters. The molecule has 2 aromatic carbocycles. The maximum atomic E-state index is 12.1. The van der Waals surface area contributed by atoms with Gasteiger partial charge < -0.3 is 16.0 Å². The van der Waals surface area contributed by atoms with Crippen molar-refractivity contribution in [2.45, 2.75) is 35.5 Å². The predicted octanol–water partition coefficient (Wildman–Crippen LogP) is 4.61. The molecule has 2 aromatic rings.